The number of hydrogen-bond acceptors (Lipinski definition) is 6. The quantitative estimate of drug-likeness (QED) is 0.726. The van der Waals surface area contributed by atoms with Gasteiger partial charge in [0.15, 0.2) is 5.82 Å². The summed E-state index contributed by atoms with van der Waals surface area (Å²) in [5, 5.41) is 0. The van der Waals surface area contributed by atoms with Gasteiger partial charge in [0.25, 0.3) is 5.91 Å². The van der Waals surface area contributed by atoms with Gasteiger partial charge >= 0.3 is 0 Å². The number of nitrogens with zero attached hydrogens (tertiary/aromatic N) is 3. The molecule has 20 heavy (non-hydrogen) atoms. The molecule has 0 unspecified atom stereocenters. The van der Waals surface area contributed by atoms with Crippen LogP contribution in [0.25, 0.3) is 0 Å². The summed E-state index contributed by atoms with van der Waals surface area (Å²) in [5.74, 6) is -0.157. The molecule has 9 heteroatoms. The molecule has 1 aromatic rings. The van der Waals surface area contributed by atoms with Crippen molar-refractivity contribution in [1.82, 2.24) is 9.29 Å². The number of nitrogen functional groups attached to an aromatic ring is 1. The third-order valence-corrected chi connectivity index (χ3v) is 4.47. The molecule has 1 fully saturated rings. The molecule has 0 spiro atoms. The van der Waals surface area contributed by atoms with Crippen LogP contribution < -0.4 is 16.4 Å². The molecule has 1 saturated heterocycles. The van der Waals surface area contributed by atoms with Crippen molar-refractivity contribution >= 4 is 27.4 Å². The molecule has 0 atom stereocenters. The predicted octanol–water partition coefficient (Wildman–Crippen LogP) is -1.16. The number of amides is 1. The Labute approximate surface area is 117 Å². The van der Waals surface area contributed by atoms with Crippen LogP contribution in [0, 0.1) is 0 Å². The Morgan fingerprint density at radius 2 is 1.85 bits per heavy atom. The van der Waals surface area contributed by atoms with Crippen LogP contribution in [0.2, 0.25) is 0 Å². The van der Waals surface area contributed by atoms with E-state index in [-0.39, 0.29) is 5.69 Å². The van der Waals surface area contributed by atoms with Gasteiger partial charge in [0, 0.05) is 26.2 Å². The van der Waals surface area contributed by atoms with Gasteiger partial charge in [-0.3, -0.25) is 4.79 Å². The summed E-state index contributed by atoms with van der Waals surface area (Å²) in [6.07, 6.45) is 1.18. The molecule has 2 rings (SSSR count). The van der Waals surface area contributed by atoms with Crippen LogP contribution >= 0.6 is 0 Å². The highest BCUT2D eigenvalue weighted by atomic mass is 32.2. The maximum absolute atomic E-state index is 11.4. The summed E-state index contributed by atoms with van der Waals surface area (Å²) in [4.78, 5) is 17.1. The number of rotatable bonds is 3. The lowest BCUT2D eigenvalue weighted by atomic mass is 10.2. The molecule has 110 valence electrons. The first kappa shape index (κ1) is 14.5. The van der Waals surface area contributed by atoms with Crippen LogP contribution in [-0.4, -0.2) is 56.0 Å². The zero-order valence-corrected chi connectivity index (χ0v) is 11.9. The van der Waals surface area contributed by atoms with Crippen LogP contribution in [0.1, 0.15) is 10.5 Å². The zero-order chi connectivity index (χ0) is 14.9. The summed E-state index contributed by atoms with van der Waals surface area (Å²) in [6.45, 7) is 1.65. The van der Waals surface area contributed by atoms with Crippen molar-refractivity contribution in [2.75, 3.05) is 43.1 Å². The van der Waals surface area contributed by atoms with Gasteiger partial charge in [-0.1, -0.05) is 0 Å². The fourth-order valence-electron chi connectivity index (χ4n) is 2.08. The molecule has 1 aliphatic rings. The molecule has 2 heterocycles. The lowest BCUT2D eigenvalue weighted by molar-refractivity contribution is 0.0995. The topological polar surface area (TPSA) is 123 Å². The van der Waals surface area contributed by atoms with E-state index >= 15 is 0 Å². The summed E-state index contributed by atoms with van der Waals surface area (Å²) in [6, 6.07) is 3.04. The second kappa shape index (κ2) is 5.25. The average Bonchev–Trinajstić information content (AvgIpc) is 2.38. The Kier molecular flexibility index (Phi) is 3.82. The van der Waals surface area contributed by atoms with Gasteiger partial charge in [0.2, 0.25) is 10.0 Å². The van der Waals surface area contributed by atoms with Crippen molar-refractivity contribution < 1.29 is 13.2 Å². The Bertz CT molecular complexity index is 623. The number of anilines is 2. The Balaban J connectivity index is 2.18. The summed E-state index contributed by atoms with van der Waals surface area (Å²) >= 11 is 0. The first-order chi connectivity index (χ1) is 9.29. The highest BCUT2D eigenvalue weighted by Crippen LogP contribution is 2.22. The lowest BCUT2D eigenvalue weighted by Crippen LogP contribution is -2.48. The molecule has 4 N–H and O–H groups in total. The van der Waals surface area contributed by atoms with E-state index in [1.807, 2.05) is 4.90 Å². The summed E-state index contributed by atoms with van der Waals surface area (Å²) < 4.78 is 24.3. The van der Waals surface area contributed by atoms with E-state index in [1.165, 1.54) is 16.6 Å². The van der Waals surface area contributed by atoms with Gasteiger partial charge in [-0.15, -0.1) is 0 Å². The van der Waals surface area contributed by atoms with Gasteiger partial charge in [0.05, 0.1) is 11.9 Å². The molecule has 1 aromatic heterocycles. The minimum absolute atomic E-state index is 0.139. The SMILES string of the molecule is CS(=O)(=O)N1CCN(c2nc(C(N)=O)ccc2N)CC1. The molecule has 1 amide bonds. The minimum atomic E-state index is -3.18. The van der Waals surface area contributed by atoms with E-state index in [0.717, 1.165) is 0 Å². The van der Waals surface area contributed by atoms with Gasteiger partial charge in [0.1, 0.15) is 5.69 Å². The fourth-order valence-corrected chi connectivity index (χ4v) is 2.91. The molecular formula is C11H17N5O3S. The molecule has 0 radical (unpaired) electrons. The molecule has 0 saturated carbocycles. The standard InChI is InChI=1S/C11H17N5O3S/c1-20(18,19)16-6-4-15(5-7-16)11-8(12)2-3-9(14-11)10(13)17/h2-3H,4-7,12H2,1H3,(H2,13,17). The molecule has 8 nitrogen and oxygen atoms in total. The number of carbonyl (C=O) groups is 1. The van der Waals surface area contributed by atoms with Crippen LogP contribution in [0.4, 0.5) is 11.5 Å². The Hall–Kier alpha value is -1.87. The van der Waals surface area contributed by atoms with Gasteiger partial charge in [-0.2, -0.15) is 4.31 Å². The maximum atomic E-state index is 11.4. The first-order valence-electron chi connectivity index (χ1n) is 6.05. The Morgan fingerprint density at radius 3 is 2.35 bits per heavy atom. The fraction of sp³-hybridized carbons (Fsp3) is 0.455. The zero-order valence-electron chi connectivity index (χ0n) is 11.1. The van der Waals surface area contributed by atoms with E-state index in [4.69, 9.17) is 11.5 Å². The number of nitrogens with two attached hydrogens (primary N) is 2. The van der Waals surface area contributed by atoms with Crippen LogP contribution in [0.3, 0.4) is 0 Å². The highest BCUT2D eigenvalue weighted by molar-refractivity contribution is 7.88. The molecular weight excluding hydrogens is 282 g/mol. The second-order valence-electron chi connectivity index (χ2n) is 4.62. The Morgan fingerprint density at radius 1 is 1.25 bits per heavy atom. The number of aromatic nitrogens is 1. The van der Waals surface area contributed by atoms with Gasteiger partial charge < -0.3 is 16.4 Å². The van der Waals surface area contributed by atoms with E-state index in [1.54, 1.807) is 6.07 Å². The van der Waals surface area contributed by atoms with Crippen LogP contribution in [-0.2, 0) is 10.0 Å². The van der Waals surface area contributed by atoms with E-state index in [9.17, 15) is 13.2 Å². The lowest BCUT2D eigenvalue weighted by Gasteiger charge is -2.34. The normalized spacial score (nSPS) is 17.1. The van der Waals surface area contributed by atoms with Crippen molar-refractivity contribution in [3.05, 3.63) is 17.8 Å². The third kappa shape index (κ3) is 2.99. The van der Waals surface area contributed by atoms with Crippen molar-refractivity contribution in [2.45, 2.75) is 0 Å². The monoisotopic (exact) mass is 299 g/mol. The number of sulfonamides is 1. The molecule has 0 aliphatic carbocycles. The number of primary amides is 1. The number of hydrogen-bond donors (Lipinski definition) is 2. The van der Waals surface area contributed by atoms with Crippen LogP contribution in [0.15, 0.2) is 12.1 Å². The average molecular weight is 299 g/mol. The van der Waals surface area contributed by atoms with Gasteiger partial charge in [-0.25, -0.2) is 13.4 Å². The van der Waals surface area contributed by atoms with Gasteiger partial charge in [-0.05, 0) is 12.1 Å². The van der Waals surface area contributed by atoms with Crippen molar-refractivity contribution in [1.29, 1.82) is 0 Å². The highest BCUT2D eigenvalue weighted by Gasteiger charge is 2.25. The van der Waals surface area contributed by atoms with Crippen molar-refractivity contribution in [3.8, 4) is 0 Å². The van der Waals surface area contributed by atoms with E-state index < -0.39 is 15.9 Å². The summed E-state index contributed by atoms with van der Waals surface area (Å²) in [7, 11) is -3.18. The van der Waals surface area contributed by atoms with E-state index in [0.29, 0.717) is 37.7 Å². The van der Waals surface area contributed by atoms with Crippen molar-refractivity contribution in [3.63, 3.8) is 0 Å². The summed E-state index contributed by atoms with van der Waals surface area (Å²) in [5.41, 5.74) is 11.6. The largest absolute Gasteiger partial charge is 0.396 e. The van der Waals surface area contributed by atoms with Crippen LogP contribution in [0.5, 0.6) is 0 Å². The van der Waals surface area contributed by atoms with Crippen molar-refractivity contribution in [2.24, 2.45) is 5.73 Å². The smallest absolute Gasteiger partial charge is 0.267 e. The number of piperazine rings is 1. The second-order valence-corrected chi connectivity index (χ2v) is 6.61. The maximum Gasteiger partial charge on any atom is 0.267 e. The first-order valence-corrected chi connectivity index (χ1v) is 7.90. The molecule has 1 aliphatic heterocycles. The number of carbonyl (C=O) groups excluding carboxylic acids is 1. The minimum Gasteiger partial charge on any atom is -0.396 e. The molecule has 0 bridgehead atoms. The number of pyridine rings is 1. The molecule has 0 aromatic carbocycles. The third-order valence-electron chi connectivity index (χ3n) is 3.16. The van der Waals surface area contributed by atoms with E-state index in [2.05, 4.69) is 4.98 Å². The predicted molar refractivity (Wildman–Crippen MR) is 75.8 cm³/mol.